The normalized spacial score (nSPS) is 12.7. The number of nitrogen functional groups attached to an aromatic ring is 2. The molecule has 0 amide bonds. The van der Waals surface area contributed by atoms with Gasteiger partial charge < -0.3 is 21.7 Å². The van der Waals surface area contributed by atoms with Gasteiger partial charge in [0, 0.05) is 17.5 Å². The molecule has 0 spiro atoms. The molecule has 11 heavy (non-hydrogen) atoms. The highest BCUT2D eigenvalue weighted by atomic mass is 16.3. The molecule has 0 unspecified atom stereocenters. The molecule has 4 nitrogen and oxygen atoms in total. The number of fused-ring (bicyclic) bond motifs is 1. The standard InChI is InChI=1S/C7H8N2O2/c8-4-5(9)7(11)3-1-2(3)6(4)10/h10-11H,1,8-9H2. The van der Waals surface area contributed by atoms with E-state index in [9.17, 15) is 10.2 Å². The molecular weight excluding hydrogens is 144 g/mol. The van der Waals surface area contributed by atoms with Crippen LogP contribution in [-0.2, 0) is 6.42 Å². The molecule has 6 N–H and O–H groups in total. The van der Waals surface area contributed by atoms with Gasteiger partial charge in [-0.05, 0) is 0 Å². The average molecular weight is 152 g/mol. The Bertz CT molecular complexity index is 314. The van der Waals surface area contributed by atoms with Crippen LogP contribution in [0.4, 0.5) is 11.4 Å². The molecule has 0 bridgehead atoms. The molecule has 0 fully saturated rings. The molecule has 0 saturated heterocycles. The van der Waals surface area contributed by atoms with Crippen LogP contribution in [-0.4, -0.2) is 10.2 Å². The number of phenols is 2. The van der Waals surface area contributed by atoms with E-state index in [2.05, 4.69) is 0 Å². The van der Waals surface area contributed by atoms with E-state index in [-0.39, 0.29) is 22.9 Å². The highest BCUT2D eigenvalue weighted by Gasteiger charge is 2.30. The van der Waals surface area contributed by atoms with Gasteiger partial charge in [0.15, 0.2) is 0 Å². The van der Waals surface area contributed by atoms with E-state index >= 15 is 0 Å². The van der Waals surface area contributed by atoms with E-state index in [1.807, 2.05) is 0 Å². The van der Waals surface area contributed by atoms with Gasteiger partial charge in [-0.1, -0.05) is 0 Å². The lowest BCUT2D eigenvalue weighted by molar-refractivity contribution is 0.467. The molecule has 2 rings (SSSR count). The topological polar surface area (TPSA) is 92.5 Å². The van der Waals surface area contributed by atoms with Gasteiger partial charge in [-0.3, -0.25) is 0 Å². The summed E-state index contributed by atoms with van der Waals surface area (Å²) in [5, 5.41) is 18.5. The third-order valence-corrected chi connectivity index (χ3v) is 1.96. The summed E-state index contributed by atoms with van der Waals surface area (Å²) in [6.45, 7) is 0. The molecule has 1 aliphatic rings. The first-order valence-corrected chi connectivity index (χ1v) is 3.23. The van der Waals surface area contributed by atoms with Crippen molar-refractivity contribution in [2.75, 3.05) is 11.5 Å². The maximum Gasteiger partial charge on any atom is 0.144 e. The second kappa shape index (κ2) is 1.53. The summed E-state index contributed by atoms with van der Waals surface area (Å²) >= 11 is 0. The van der Waals surface area contributed by atoms with Crippen molar-refractivity contribution in [1.82, 2.24) is 0 Å². The molecule has 58 valence electrons. The Hall–Kier alpha value is -1.58. The zero-order valence-corrected chi connectivity index (χ0v) is 5.76. The minimum atomic E-state index is 0.0234. The molecule has 0 saturated carbocycles. The quantitative estimate of drug-likeness (QED) is 0.246. The second-order valence-corrected chi connectivity index (χ2v) is 2.66. The van der Waals surface area contributed by atoms with Crippen molar-refractivity contribution in [3.63, 3.8) is 0 Å². The minimum absolute atomic E-state index is 0.0234. The fourth-order valence-electron chi connectivity index (χ4n) is 1.17. The third-order valence-electron chi connectivity index (χ3n) is 1.96. The predicted molar refractivity (Wildman–Crippen MR) is 41.4 cm³/mol. The van der Waals surface area contributed by atoms with Crippen LogP contribution >= 0.6 is 0 Å². The first-order chi connectivity index (χ1) is 5.13. The molecule has 0 aromatic heterocycles. The summed E-state index contributed by atoms with van der Waals surface area (Å²) < 4.78 is 0. The molecule has 0 atom stereocenters. The van der Waals surface area contributed by atoms with E-state index in [0.29, 0.717) is 17.5 Å². The molecule has 1 aliphatic carbocycles. The Morgan fingerprint density at radius 3 is 1.64 bits per heavy atom. The van der Waals surface area contributed by atoms with Gasteiger partial charge in [0.05, 0.1) is 0 Å². The van der Waals surface area contributed by atoms with Crippen LogP contribution in [0.1, 0.15) is 11.1 Å². The number of benzene rings is 1. The van der Waals surface area contributed by atoms with Crippen molar-refractivity contribution in [3.8, 4) is 11.5 Å². The summed E-state index contributed by atoms with van der Waals surface area (Å²) in [5.74, 6) is 0.0469. The van der Waals surface area contributed by atoms with Crippen molar-refractivity contribution in [2.24, 2.45) is 0 Å². The van der Waals surface area contributed by atoms with E-state index in [4.69, 9.17) is 11.5 Å². The second-order valence-electron chi connectivity index (χ2n) is 2.66. The van der Waals surface area contributed by atoms with Crippen LogP contribution in [0.3, 0.4) is 0 Å². The summed E-state index contributed by atoms with van der Waals surface area (Å²) in [6.07, 6.45) is 0.596. The highest BCUT2D eigenvalue weighted by molar-refractivity contribution is 5.85. The monoisotopic (exact) mass is 152 g/mol. The Morgan fingerprint density at radius 2 is 1.27 bits per heavy atom. The van der Waals surface area contributed by atoms with Crippen LogP contribution in [0, 0.1) is 0 Å². The third kappa shape index (κ3) is 0.582. The Balaban J connectivity index is 2.78. The Kier molecular flexibility index (Phi) is 0.854. The number of aromatic hydroxyl groups is 2. The van der Waals surface area contributed by atoms with Crippen molar-refractivity contribution >= 4 is 11.4 Å². The van der Waals surface area contributed by atoms with E-state index in [1.165, 1.54) is 0 Å². The lowest BCUT2D eigenvalue weighted by atomic mass is 10.2. The van der Waals surface area contributed by atoms with Gasteiger partial charge in [-0.15, -0.1) is 0 Å². The van der Waals surface area contributed by atoms with Crippen LogP contribution in [0.25, 0.3) is 0 Å². The number of rotatable bonds is 0. The SMILES string of the molecule is Nc1c(N)c(O)c2c(c1O)C2. The molecular formula is C7H8N2O2. The van der Waals surface area contributed by atoms with Gasteiger partial charge in [-0.2, -0.15) is 0 Å². The first-order valence-electron chi connectivity index (χ1n) is 3.23. The smallest absolute Gasteiger partial charge is 0.144 e. The summed E-state index contributed by atoms with van der Waals surface area (Å²) in [5.41, 5.74) is 12.4. The Labute approximate surface area is 63.1 Å². The highest BCUT2D eigenvalue weighted by Crippen LogP contribution is 2.50. The van der Waals surface area contributed by atoms with Gasteiger partial charge in [0.25, 0.3) is 0 Å². The number of phenolic OH excluding ortho intramolecular Hbond substituents is 2. The fraction of sp³-hybridized carbons (Fsp3) is 0.143. The van der Waals surface area contributed by atoms with Gasteiger partial charge >= 0.3 is 0 Å². The van der Waals surface area contributed by atoms with Crippen LogP contribution in [0.2, 0.25) is 0 Å². The van der Waals surface area contributed by atoms with Crippen LogP contribution in [0.15, 0.2) is 0 Å². The average Bonchev–Trinajstić information content (AvgIpc) is 2.76. The van der Waals surface area contributed by atoms with Gasteiger partial charge in [0.1, 0.15) is 22.9 Å². The van der Waals surface area contributed by atoms with Crippen LogP contribution < -0.4 is 11.5 Å². The van der Waals surface area contributed by atoms with E-state index in [1.54, 1.807) is 0 Å². The van der Waals surface area contributed by atoms with E-state index in [0.717, 1.165) is 0 Å². The maximum atomic E-state index is 9.25. The molecule has 1 aromatic rings. The summed E-state index contributed by atoms with van der Waals surface area (Å²) in [7, 11) is 0. The molecule has 1 aromatic carbocycles. The van der Waals surface area contributed by atoms with Gasteiger partial charge in [-0.25, -0.2) is 0 Å². The first kappa shape index (κ1) is 6.15. The summed E-state index contributed by atoms with van der Waals surface area (Å²) in [4.78, 5) is 0. The molecule has 0 radical (unpaired) electrons. The van der Waals surface area contributed by atoms with Crippen molar-refractivity contribution in [1.29, 1.82) is 0 Å². The van der Waals surface area contributed by atoms with E-state index < -0.39 is 0 Å². The largest absolute Gasteiger partial charge is 0.505 e. The van der Waals surface area contributed by atoms with Crippen molar-refractivity contribution in [3.05, 3.63) is 11.1 Å². The lowest BCUT2D eigenvalue weighted by Gasteiger charge is -2.02. The van der Waals surface area contributed by atoms with Crippen molar-refractivity contribution in [2.45, 2.75) is 6.42 Å². The minimum Gasteiger partial charge on any atom is -0.505 e. The predicted octanol–water partition coefficient (Wildman–Crippen LogP) is 0.166. The lowest BCUT2D eigenvalue weighted by Crippen LogP contribution is -1.94. The van der Waals surface area contributed by atoms with Gasteiger partial charge in [0.2, 0.25) is 0 Å². The summed E-state index contributed by atoms with van der Waals surface area (Å²) in [6, 6.07) is 0. The number of nitrogens with two attached hydrogens (primary N) is 2. The Morgan fingerprint density at radius 1 is 0.909 bits per heavy atom. The zero-order chi connectivity index (χ0) is 8.17. The maximum absolute atomic E-state index is 9.25. The molecule has 4 heteroatoms. The fourth-order valence-corrected chi connectivity index (χ4v) is 1.17. The number of hydrogen-bond donors (Lipinski definition) is 4. The molecule has 0 heterocycles. The zero-order valence-electron chi connectivity index (χ0n) is 5.76. The van der Waals surface area contributed by atoms with Crippen LogP contribution in [0.5, 0.6) is 11.5 Å². The number of anilines is 2. The van der Waals surface area contributed by atoms with Crippen molar-refractivity contribution < 1.29 is 10.2 Å². The molecule has 0 aliphatic heterocycles. The number of hydrogen-bond acceptors (Lipinski definition) is 4.